The zero-order chi connectivity index (χ0) is 65.1. The molecular formula is C90H58N6S2. The fourth-order valence-corrected chi connectivity index (χ4v) is 15.4. The minimum atomic E-state index is 0.640. The molecule has 0 saturated carbocycles. The van der Waals surface area contributed by atoms with Gasteiger partial charge in [0.1, 0.15) is 0 Å². The van der Waals surface area contributed by atoms with Gasteiger partial charge in [0.15, 0.2) is 34.9 Å². The molecule has 0 aliphatic rings. The van der Waals surface area contributed by atoms with Gasteiger partial charge in [-0.05, 0) is 121 Å². The summed E-state index contributed by atoms with van der Waals surface area (Å²) in [6.45, 7) is 0. The minimum absolute atomic E-state index is 0.640. The molecule has 4 aromatic heterocycles. The molecule has 0 radical (unpaired) electrons. The maximum absolute atomic E-state index is 5.27. The highest BCUT2D eigenvalue weighted by atomic mass is 32.1. The molecule has 18 rings (SSSR count). The van der Waals surface area contributed by atoms with Crippen molar-refractivity contribution >= 4 is 63.0 Å². The van der Waals surface area contributed by atoms with Crippen LogP contribution < -0.4 is 0 Å². The zero-order valence-electron chi connectivity index (χ0n) is 53.0. The molecule has 0 N–H and O–H groups in total. The molecule has 0 amide bonds. The van der Waals surface area contributed by atoms with E-state index in [-0.39, 0.29) is 0 Å². The van der Waals surface area contributed by atoms with Crippen LogP contribution >= 0.6 is 22.7 Å². The predicted molar refractivity (Wildman–Crippen MR) is 411 cm³/mol. The van der Waals surface area contributed by atoms with Crippen LogP contribution in [0.5, 0.6) is 0 Å². The van der Waals surface area contributed by atoms with Crippen LogP contribution in [-0.4, -0.2) is 29.9 Å². The first-order valence-corrected chi connectivity index (χ1v) is 34.3. The van der Waals surface area contributed by atoms with Crippen LogP contribution in [0.1, 0.15) is 0 Å². The lowest BCUT2D eigenvalue weighted by Gasteiger charge is -2.12. The summed E-state index contributed by atoms with van der Waals surface area (Å²) in [5.74, 6) is 3.87. The van der Waals surface area contributed by atoms with E-state index in [2.05, 4.69) is 328 Å². The number of aromatic nitrogens is 6. The monoisotopic (exact) mass is 1290 g/mol. The number of thiophene rings is 2. The molecule has 0 atom stereocenters. The van der Waals surface area contributed by atoms with Crippen molar-refractivity contribution in [3.8, 4) is 135 Å². The van der Waals surface area contributed by atoms with E-state index in [0.717, 1.165) is 94.6 Å². The second-order valence-electron chi connectivity index (χ2n) is 24.1. The lowest BCUT2D eigenvalue weighted by atomic mass is 9.98. The second kappa shape index (κ2) is 26.4. The summed E-state index contributed by atoms with van der Waals surface area (Å²) in [5.41, 5.74) is 19.5. The fraction of sp³-hybridized carbons (Fsp3) is 0. The highest BCUT2D eigenvalue weighted by molar-refractivity contribution is 7.26. The van der Waals surface area contributed by atoms with E-state index in [1.807, 2.05) is 46.9 Å². The van der Waals surface area contributed by atoms with E-state index in [9.17, 15) is 0 Å². The quantitative estimate of drug-likeness (QED) is 0.121. The topological polar surface area (TPSA) is 77.3 Å². The molecule has 0 bridgehead atoms. The maximum atomic E-state index is 5.27. The molecule has 4 heterocycles. The van der Waals surface area contributed by atoms with Crippen molar-refractivity contribution in [2.75, 3.05) is 0 Å². The van der Waals surface area contributed by atoms with Crippen LogP contribution in [0.15, 0.2) is 352 Å². The molecule has 0 spiro atoms. The Labute approximate surface area is 576 Å². The van der Waals surface area contributed by atoms with Crippen LogP contribution in [0, 0.1) is 0 Å². The van der Waals surface area contributed by atoms with Gasteiger partial charge in [-0.25, -0.2) is 29.9 Å². The molecule has 0 fully saturated rings. The van der Waals surface area contributed by atoms with Gasteiger partial charge in [-0.2, -0.15) is 0 Å². The third-order valence-corrected chi connectivity index (χ3v) is 20.1. The normalized spacial score (nSPS) is 11.3. The van der Waals surface area contributed by atoms with Crippen molar-refractivity contribution in [3.05, 3.63) is 352 Å². The van der Waals surface area contributed by atoms with Gasteiger partial charge in [-0.3, -0.25) is 0 Å². The smallest absolute Gasteiger partial charge is 0.164 e. The van der Waals surface area contributed by atoms with Gasteiger partial charge in [0.25, 0.3) is 0 Å². The van der Waals surface area contributed by atoms with Crippen molar-refractivity contribution in [3.63, 3.8) is 0 Å². The van der Waals surface area contributed by atoms with E-state index in [1.54, 1.807) is 0 Å². The van der Waals surface area contributed by atoms with Crippen molar-refractivity contribution < 1.29 is 0 Å². The van der Waals surface area contributed by atoms with Gasteiger partial charge >= 0.3 is 0 Å². The van der Waals surface area contributed by atoms with Gasteiger partial charge in [0, 0.05) is 73.7 Å². The standard InChI is InChI=1S/2C45H29N3S/c1-4-14-30(15-5-1)33-20-12-22-35(26-33)43-46-44(36-23-13-21-34(27-36)31-16-6-2-7-17-31)48-45(47-43)39-28-37(32-18-8-3-9-19-32)29-41-42(39)38-24-10-11-25-40(38)49-41;1-4-13-30(14-5-1)33-23-25-34(26-24-33)43-46-44(36-20-12-19-35(27-36)31-15-6-2-7-16-31)48-45(47-43)39-28-37(32-17-8-3-9-18-32)29-41-42(39)38-21-10-11-22-40(38)49-41/h2*1-29H. The molecule has 6 nitrogen and oxygen atoms in total. The maximum Gasteiger partial charge on any atom is 0.164 e. The Morgan fingerprint density at radius 3 is 0.745 bits per heavy atom. The van der Waals surface area contributed by atoms with Crippen molar-refractivity contribution in [2.24, 2.45) is 0 Å². The summed E-state index contributed by atoms with van der Waals surface area (Å²) in [7, 11) is 0. The molecule has 0 unspecified atom stereocenters. The summed E-state index contributed by atoms with van der Waals surface area (Å²) in [6, 6.07) is 123. The Morgan fingerprint density at radius 1 is 0.153 bits per heavy atom. The van der Waals surface area contributed by atoms with Gasteiger partial charge < -0.3 is 0 Å². The SMILES string of the molecule is c1ccc(-c2ccc(-c3nc(-c4cccc(-c5ccccc5)c4)nc(-c4cc(-c5ccccc5)cc5sc6ccccc6c45)n3)cc2)cc1.c1ccc(-c2cccc(-c3nc(-c4cccc(-c5ccccc5)c4)nc(-c4cc(-c5ccccc5)cc5sc6ccccc6c45)n3)c2)cc1. The van der Waals surface area contributed by atoms with Crippen LogP contribution in [0.3, 0.4) is 0 Å². The summed E-state index contributed by atoms with van der Waals surface area (Å²) in [6.07, 6.45) is 0. The molecule has 460 valence electrons. The Bertz CT molecular complexity index is 5800. The first kappa shape index (κ1) is 59.3. The molecular weight excluding hydrogens is 1230 g/mol. The van der Waals surface area contributed by atoms with E-state index < -0.39 is 0 Å². The average Bonchev–Trinajstić information content (AvgIpc) is 1.49. The molecule has 0 saturated heterocycles. The van der Waals surface area contributed by atoms with Crippen molar-refractivity contribution in [1.82, 2.24) is 29.9 Å². The van der Waals surface area contributed by atoms with Gasteiger partial charge in [-0.1, -0.05) is 297 Å². The number of hydrogen-bond donors (Lipinski definition) is 0. The van der Waals surface area contributed by atoms with E-state index >= 15 is 0 Å². The number of hydrogen-bond acceptors (Lipinski definition) is 8. The summed E-state index contributed by atoms with van der Waals surface area (Å²) in [5, 5.41) is 4.75. The third-order valence-electron chi connectivity index (χ3n) is 17.9. The Hall–Kier alpha value is -12.5. The van der Waals surface area contributed by atoms with E-state index in [1.165, 1.54) is 45.9 Å². The van der Waals surface area contributed by atoms with Crippen LogP contribution in [0.4, 0.5) is 0 Å². The Kier molecular flexibility index (Phi) is 16.0. The number of nitrogens with zero attached hydrogens (tertiary/aromatic N) is 6. The van der Waals surface area contributed by atoms with Gasteiger partial charge in [-0.15, -0.1) is 22.7 Å². The number of rotatable bonds is 12. The summed E-state index contributed by atoms with van der Waals surface area (Å²) in [4.78, 5) is 31.3. The number of fused-ring (bicyclic) bond motifs is 6. The molecule has 18 aromatic rings. The fourth-order valence-electron chi connectivity index (χ4n) is 13.0. The highest BCUT2D eigenvalue weighted by Gasteiger charge is 2.22. The van der Waals surface area contributed by atoms with Gasteiger partial charge in [0.2, 0.25) is 0 Å². The van der Waals surface area contributed by atoms with Crippen LogP contribution in [0.25, 0.3) is 175 Å². The number of benzene rings is 14. The molecule has 0 aliphatic heterocycles. The lowest BCUT2D eigenvalue weighted by molar-refractivity contribution is 1.08. The zero-order valence-corrected chi connectivity index (χ0v) is 54.6. The molecule has 98 heavy (non-hydrogen) atoms. The average molecular weight is 1290 g/mol. The Morgan fingerprint density at radius 2 is 0.398 bits per heavy atom. The van der Waals surface area contributed by atoms with Crippen molar-refractivity contribution in [2.45, 2.75) is 0 Å². The minimum Gasteiger partial charge on any atom is -0.208 e. The summed E-state index contributed by atoms with van der Waals surface area (Å²) < 4.78 is 4.90. The molecule has 8 heteroatoms. The van der Waals surface area contributed by atoms with Crippen LogP contribution in [-0.2, 0) is 0 Å². The van der Waals surface area contributed by atoms with Gasteiger partial charge in [0.05, 0.1) is 0 Å². The highest BCUT2D eigenvalue weighted by Crippen LogP contribution is 2.45. The third kappa shape index (κ3) is 12.0. The first-order valence-electron chi connectivity index (χ1n) is 32.7. The predicted octanol–water partition coefficient (Wildman–Crippen LogP) is 24.5. The summed E-state index contributed by atoms with van der Waals surface area (Å²) >= 11 is 3.62. The largest absolute Gasteiger partial charge is 0.208 e. The van der Waals surface area contributed by atoms with Crippen LogP contribution in [0.2, 0.25) is 0 Å². The first-order chi connectivity index (χ1) is 48.5. The van der Waals surface area contributed by atoms with E-state index in [0.29, 0.717) is 34.9 Å². The molecule has 14 aromatic carbocycles. The Balaban J connectivity index is 0.000000147. The van der Waals surface area contributed by atoms with Crippen molar-refractivity contribution in [1.29, 1.82) is 0 Å². The second-order valence-corrected chi connectivity index (χ2v) is 26.3. The lowest BCUT2D eigenvalue weighted by Crippen LogP contribution is -2.01. The molecule has 0 aliphatic carbocycles. The van der Waals surface area contributed by atoms with E-state index in [4.69, 9.17) is 29.9 Å².